The van der Waals surface area contributed by atoms with Gasteiger partial charge in [-0.2, -0.15) is 0 Å². The molecule has 0 bridgehead atoms. The maximum Gasteiger partial charge on any atom is 0.275 e. The minimum Gasteiger partial charge on any atom is -0.369 e. The Labute approximate surface area is 112 Å². The van der Waals surface area contributed by atoms with Crippen molar-refractivity contribution >= 4 is 17.4 Å². The summed E-state index contributed by atoms with van der Waals surface area (Å²) in [7, 11) is 0. The topological polar surface area (TPSA) is 66.9 Å². The number of aromatic nitrogens is 2. The van der Waals surface area contributed by atoms with E-state index in [-0.39, 0.29) is 5.91 Å². The average molecular weight is 256 g/mol. The molecule has 1 aromatic heterocycles. The Morgan fingerprint density at radius 3 is 2.63 bits per heavy atom. The van der Waals surface area contributed by atoms with Gasteiger partial charge in [0.05, 0.1) is 12.4 Å². The third-order valence-electron chi connectivity index (χ3n) is 2.53. The summed E-state index contributed by atoms with van der Waals surface area (Å²) in [5.41, 5.74) is 2.18. The van der Waals surface area contributed by atoms with Crippen LogP contribution in [0.4, 0.5) is 11.5 Å². The predicted molar refractivity (Wildman–Crippen MR) is 75.3 cm³/mol. The molecular formula is C14H16N4O. The number of rotatable bonds is 4. The molecule has 98 valence electrons. The van der Waals surface area contributed by atoms with Crippen LogP contribution in [0.2, 0.25) is 0 Å². The third kappa shape index (κ3) is 3.51. The van der Waals surface area contributed by atoms with E-state index in [9.17, 15) is 4.79 Å². The number of nitrogens with zero attached hydrogens (tertiary/aromatic N) is 2. The molecule has 2 aromatic rings. The Morgan fingerprint density at radius 2 is 1.95 bits per heavy atom. The van der Waals surface area contributed by atoms with Crippen LogP contribution in [0.5, 0.6) is 0 Å². The Balaban J connectivity index is 2.11. The number of nitrogens with one attached hydrogen (secondary N) is 2. The van der Waals surface area contributed by atoms with Crippen molar-refractivity contribution in [2.75, 3.05) is 17.2 Å². The highest BCUT2D eigenvalue weighted by Crippen LogP contribution is 2.10. The molecule has 0 saturated carbocycles. The summed E-state index contributed by atoms with van der Waals surface area (Å²) in [6, 6.07) is 7.59. The highest BCUT2D eigenvalue weighted by molar-refractivity contribution is 6.02. The molecule has 19 heavy (non-hydrogen) atoms. The quantitative estimate of drug-likeness (QED) is 0.881. The monoisotopic (exact) mass is 256 g/mol. The molecule has 0 unspecified atom stereocenters. The lowest BCUT2D eigenvalue weighted by atomic mass is 10.2. The second-order valence-corrected chi connectivity index (χ2v) is 4.14. The maximum atomic E-state index is 12.0. The van der Waals surface area contributed by atoms with E-state index in [0.717, 1.165) is 17.8 Å². The minimum absolute atomic E-state index is 0.267. The van der Waals surface area contributed by atoms with Crippen molar-refractivity contribution in [1.29, 1.82) is 0 Å². The van der Waals surface area contributed by atoms with Gasteiger partial charge in [-0.05, 0) is 26.0 Å². The molecule has 2 rings (SSSR count). The third-order valence-corrected chi connectivity index (χ3v) is 2.53. The number of amides is 1. The summed E-state index contributed by atoms with van der Waals surface area (Å²) < 4.78 is 0. The van der Waals surface area contributed by atoms with Crippen LogP contribution in [0, 0.1) is 6.92 Å². The predicted octanol–water partition coefficient (Wildman–Crippen LogP) is 2.47. The second kappa shape index (κ2) is 5.95. The van der Waals surface area contributed by atoms with E-state index in [2.05, 4.69) is 20.6 Å². The summed E-state index contributed by atoms with van der Waals surface area (Å²) in [6.45, 7) is 4.69. The van der Waals surface area contributed by atoms with E-state index in [1.807, 2.05) is 38.1 Å². The van der Waals surface area contributed by atoms with E-state index in [1.54, 1.807) is 6.20 Å². The van der Waals surface area contributed by atoms with Gasteiger partial charge in [0.1, 0.15) is 11.5 Å². The van der Waals surface area contributed by atoms with Crippen molar-refractivity contribution in [1.82, 2.24) is 9.97 Å². The van der Waals surface area contributed by atoms with Crippen LogP contribution in [0.15, 0.2) is 36.7 Å². The first-order chi connectivity index (χ1) is 9.19. The molecule has 1 aromatic carbocycles. The Hall–Kier alpha value is -2.43. The average Bonchev–Trinajstić information content (AvgIpc) is 2.42. The van der Waals surface area contributed by atoms with Crippen molar-refractivity contribution in [3.05, 3.63) is 47.9 Å². The van der Waals surface area contributed by atoms with Crippen LogP contribution in [0.1, 0.15) is 23.0 Å². The SMILES string of the molecule is CCNc1cncc(C(=O)Nc2ccc(C)cc2)n1. The molecule has 2 N–H and O–H groups in total. The molecule has 0 atom stereocenters. The zero-order valence-corrected chi connectivity index (χ0v) is 11.0. The van der Waals surface area contributed by atoms with Gasteiger partial charge in [-0.3, -0.25) is 9.78 Å². The highest BCUT2D eigenvalue weighted by Gasteiger charge is 2.08. The van der Waals surface area contributed by atoms with E-state index >= 15 is 0 Å². The van der Waals surface area contributed by atoms with Crippen molar-refractivity contribution in [2.45, 2.75) is 13.8 Å². The van der Waals surface area contributed by atoms with Crippen molar-refractivity contribution in [3.8, 4) is 0 Å². The molecule has 0 radical (unpaired) electrons. The van der Waals surface area contributed by atoms with Crippen LogP contribution >= 0.6 is 0 Å². The normalized spacial score (nSPS) is 10.0. The first kappa shape index (κ1) is 13.0. The molecule has 1 amide bonds. The summed E-state index contributed by atoms with van der Waals surface area (Å²) in [5.74, 6) is 0.329. The zero-order valence-electron chi connectivity index (χ0n) is 11.0. The maximum absolute atomic E-state index is 12.0. The van der Waals surface area contributed by atoms with Gasteiger partial charge in [-0.1, -0.05) is 17.7 Å². The number of carbonyl (C=O) groups is 1. The lowest BCUT2D eigenvalue weighted by molar-refractivity contribution is 0.102. The largest absolute Gasteiger partial charge is 0.369 e. The molecule has 5 heteroatoms. The molecule has 0 fully saturated rings. The van der Waals surface area contributed by atoms with Gasteiger partial charge in [-0.25, -0.2) is 4.98 Å². The standard InChI is InChI=1S/C14H16N4O/c1-3-16-13-9-15-8-12(18-13)14(19)17-11-6-4-10(2)5-7-11/h4-9H,3H2,1-2H3,(H,16,18)(H,17,19). The lowest BCUT2D eigenvalue weighted by Gasteiger charge is -2.06. The minimum atomic E-state index is -0.267. The smallest absolute Gasteiger partial charge is 0.275 e. The Morgan fingerprint density at radius 1 is 1.21 bits per heavy atom. The van der Waals surface area contributed by atoms with Gasteiger partial charge in [0.2, 0.25) is 0 Å². The number of hydrogen-bond donors (Lipinski definition) is 2. The van der Waals surface area contributed by atoms with Crippen LogP contribution in [0.3, 0.4) is 0 Å². The van der Waals surface area contributed by atoms with Gasteiger partial charge in [-0.15, -0.1) is 0 Å². The molecule has 1 heterocycles. The first-order valence-electron chi connectivity index (χ1n) is 6.13. The highest BCUT2D eigenvalue weighted by atomic mass is 16.1. The van der Waals surface area contributed by atoms with Gasteiger partial charge >= 0.3 is 0 Å². The van der Waals surface area contributed by atoms with Gasteiger partial charge in [0.15, 0.2) is 0 Å². The van der Waals surface area contributed by atoms with Gasteiger partial charge in [0.25, 0.3) is 5.91 Å². The van der Waals surface area contributed by atoms with Gasteiger partial charge < -0.3 is 10.6 Å². The number of hydrogen-bond acceptors (Lipinski definition) is 4. The number of benzene rings is 1. The van der Waals surface area contributed by atoms with Crippen molar-refractivity contribution in [3.63, 3.8) is 0 Å². The van der Waals surface area contributed by atoms with Crippen LogP contribution in [-0.4, -0.2) is 22.4 Å². The lowest BCUT2D eigenvalue weighted by Crippen LogP contribution is -2.15. The van der Waals surface area contributed by atoms with Crippen LogP contribution < -0.4 is 10.6 Å². The van der Waals surface area contributed by atoms with Crippen molar-refractivity contribution < 1.29 is 4.79 Å². The molecule has 0 spiro atoms. The van der Waals surface area contributed by atoms with E-state index < -0.39 is 0 Å². The number of anilines is 2. The number of carbonyl (C=O) groups excluding carboxylic acids is 1. The molecule has 0 aliphatic rings. The molecule has 0 saturated heterocycles. The fraction of sp³-hybridized carbons (Fsp3) is 0.214. The molecular weight excluding hydrogens is 240 g/mol. The van der Waals surface area contributed by atoms with Crippen LogP contribution in [0.25, 0.3) is 0 Å². The molecule has 0 aliphatic heterocycles. The van der Waals surface area contributed by atoms with E-state index in [4.69, 9.17) is 0 Å². The Bertz CT molecular complexity index is 566. The van der Waals surface area contributed by atoms with Crippen LogP contribution in [-0.2, 0) is 0 Å². The summed E-state index contributed by atoms with van der Waals surface area (Å²) in [4.78, 5) is 20.2. The second-order valence-electron chi connectivity index (χ2n) is 4.14. The summed E-state index contributed by atoms with van der Waals surface area (Å²) in [5, 5.41) is 5.81. The summed E-state index contributed by atoms with van der Waals surface area (Å²) in [6.07, 6.45) is 3.04. The zero-order chi connectivity index (χ0) is 13.7. The Kier molecular flexibility index (Phi) is 4.07. The van der Waals surface area contributed by atoms with Gasteiger partial charge in [0, 0.05) is 12.2 Å². The number of aryl methyl sites for hydroxylation is 1. The molecule has 5 nitrogen and oxygen atoms in total. The van der Waals surface area contributed by atoms with E-state index in [1.165, 1.54) is 6.20 Å². The van der Waals surface area contributed by atoms with E-state index in [0.29, 0.717) is 11.5 Å². The first-order valence-corrected chi connectivity index (χ1v) is 6.13. The fourth-order valence-electron chi connectivity index (χ4n) is 1.57. The van der Waals surface area contributed by atoms with Crippen molar-refractivity contribution in [2.24, 2.45) is 0 Å². The molecule has 0 aliphatic carbocycles. The summed E-state index contributed by atoms with van der Waals surface area (Å²) >= 11 is 0. The fourth-order valence-corrected chi connectivity index (χ4v) is 1.57.